The highest BCUT2D eigenvalue weighted by molar-refractivity contribution is 5.79. The molecule has 0 fully saturated rings. The summed E-state index contributed by atoms with van der Waals surface area (Å²) in [7, 11) is 1.51. The molecule has 7 nitrogen and oxygen atoms in total. The van der Waals surface area contributed by atoms with Gasteiger partial charge in [0.2, 0.25) is 0 Å². The number of halogens is 2. The third kappa shape index (κ3) is 6.63. The first kappa shape index (κ1) is 22.5. The molecule has 0 radical (unpaired) electrons. The van der Waals surface area contributed by atoms with Gasteiger partial charge in [-0.15, -0.1) is 0 Å². The molecule has 3 rings (SSSR count). The molecule has 31 heavy (non-hydrogen) atoms. The molecule has 9 heteroatoms. The number of methoxy groups -OCH3 is 1. The molecule has 2 N–H and O–H groups in total. The Morgan fingerprint density at radius 3 is 2.65 bits per heavy atom. The van der Waals surface area contributed by atoms with Gasteiger partial charge in [0.25, 0.3) is 0 Å². The zero-order valence-electron chi connectivity index (χ0n) is 17.6. The fourth-order valence-corrected chi connectivity index (χ4v) is 3.03. The molecule has 0 saturated heterocycles. The van der Waals surface area contributed by atoms with Gasteiger partial charge in [0, 0.05) is 25.1 Å². The Hall–Kier alpha value is -3.23. The van der Waals surface area contributed by atoms with E-state index < -0.39 is 6.61 Å². The maximum absolute atomic E-state index is 12.7. The van der Waals surface area contributed by atoms with Crippen LogP contribution < -0.4 is 29.6 Å². The fraction of sp³-hybridized carbons (Fsp3) is 0.409. The Labute approximate surface area is 180 Å². The van der Waals surface area contributed by atoms with Gasteiger partial charge in [0.1, 0.15) is 11.5 Å². The third-order valence-corrected chi connectivity index (χ3v) is 4.51. The number of aliphatic imine (C=N–C) groups is 1. The van der Waals surface area contributed by atoms with E-state index in [1.54, 1.807) is 12.1 Å². The van der Waals surface area contributed by atoms with Crippen LogP contribution in [0.5, 0.6) is 23.0 Å². The average Bonchev–Trinajstić information content (AvgIpc) is 3.01. The summed E-state index contributed by atoms with van der Waals surface area (Å²) in [5.41, 5.74) is 1.49. The van der Waals surface area contributed by atoms with Crippen molar-refractivity contribution in [3.63, 3.8) is 0 Å². The zero-order valence-corrected chi connectivity index (χ0v) is 17.6. The summed E-state index contributed by atoms with van der Waals surface area (Å²) in [6, 6.07) is 10.4. The normalized spacial score (nSPS) is 13.5. The van der Waals surface area contributed by atoms with E-state index in [1.807, 2.05) is 25.1 Å². The van der Waals surface area contributed by atoms with Crippen LogP contribution in [0.15, 0.2) is 41.4 Å². The number of guanidine groups is 1. The van der Waals surface area contributed by atoms with Crippen molar-refractivity contribution in [1.82, 2.24) is 10.6 Å². The molecular weight excluding hydrogens is 408 g/mol. The molecule has 0 unspecified atom stereocenters. The highest BCUT2D eigenvalue weighted by Gasteiger charge is 2.13. The number of ether oxygens (including phenoxy) is 4. The number of alkyl halides is 2. The molecule has 0 amide bonds. The maximum Gasteiger partial charge on any atom is 0.387 e. The molecule has 0 spiro atoms. The van der Waals surface area contributed by atoms with E-state index in [4.69, 9.17) is 14.2 Å². The summed E-state index contributed by atoms with van der Waals surface area (Å²) in [6.07, 6.45) is 0.845. The Morgan fingerprint density at radius 2 is 1.90 bits per heavy atom. The summed E-state index contributed by atoms with van der Waals surface area (Å²) in [6.45, 7) is 1.58. The molecule has 2 aromatic rings. The topological polar surface area (TPSA) is 73.3 Å². The van der Waals surface area contributed by atoms with Crippen LogP contribution in [0, 0.1) is 0 Å². The largest absolute Gasteiger partial charge is 0.497 e. The van der Waals surface area contributed by atoms with Gasteiger partial charge in [-0.25, -0.2) is 4.99 Å². The first-order chi connectivity index (χ1) is 15.1. The Bertz CT molecular complexity index is 893. The summed E-state index contributed by atoms with van der Waals surface area (Å²) >= 11 is 0. The van der Waals surface area contributed by atoms with Gasteiger partial charge in [-0.05, 0) is 42.8 Å². The van der Waals surface area contributed by atoms with E-state index in [1.165, 1.54) is 13.2 Å². The molecule has 1 aliphatic rings. The summed E-state index contributed by atoms with van der Waals surface area (Å²) in [5.74, 6) is 2.63. The van der Waals surface area contributed by atoms with Gasteiger partial charge in [-0.1, -0.05) is 6.07 Å². The second kappa shape index (κ2) is 11.2. The molecule has 1 aliphatic heterocycles. The Morgan fingerprint density at radius 1 is 1.10 bits per heavy atom. The van der Waals surface area contributed by atoms with Crippen LogP contribution in [0.25, 0.3) is 0 Å². The van der Waals surface area contributed by atoms with Crippen molar-refractivity contribution in [2.75, 3.05) is 26.9 Å². The molecule has 0 aliphatic carbocycles. The second-order valence-electron chi connectivity index (χ2n) is 6.73. The quantitative estimate of drug-likeness (QED) is 0.487. The van der Waals surface area contributed by atoms with Crippen molar-refractivity contribution < 1.29 is 27.7 Å². The average molecular weight is 435 g/mol. The van der Waals surface area contributed by atoms with Crippen LogP contribution >= 0.6 is 0 Å². The van der Waals surface area contributed by atoms with Gasteiger partial charge in [0.05, 0.1) is 26.9 Å². The highest BCUT2D eigenvalue weighted by Crippen LogP contribution is 2.30. The highest BCUT2D eigenvalue weighted by atomic mass is 19.3. The molecular formula is C22H27F2N3O4. The van der Waals surface area contributed by atoms with Crippen LogP contribution in [0.2, 0.25) is 0 Å². The summed E-state index contributed by atoms with van der Waals surface area (Å²) < 4.78 is 46.6. The first-order valence-corrected chi connectivity index (χ1v) is 10.1. The lowest BCUT2D eigenvalue weighted by Crippen LogP contribution is -2.36. The number of nitrogens with one attached hydrogen (secondary N) is 2. The zero-order chi connectivity index (χ0) is 22.1. The summed E-state index contributed by atoms with van der Waals surface area (Å²) in [4.78, 5) is 4.58. The van der Waals surface area contributed by atoms with E-state index >= 15 is 0 Å². The van der Waals surface area contributed by atoms with Gasteiger partial charge in [-0.2, -0.15) is 8.78 Å². The van der Waals surface area contributed by atoms with Crippen molar-refractivity contribution >= 4 is 5.96 Å². The minimum Gasteiger partial charge on any atom is -0.497 e. The van der Waals surface area contributed by atoms with Crippen molar-refractivity contribution in [3.8, 4) is 23.0 Å². The molecule has 2 aromatic carbocycles. The number of hydrogen-bond donors (Lipinski definition) is 2. The van der Waals surface area contributed by atoms with E-state index in [9.17, 15) is 8.78 Å². The smallest absolute Gasteiger partial charge is 0.387 e. The number of nitrogens with zero attached hydrogens (tertiary/aromatic N) is 1. The Balaban J connectivity index is 1.70. The van der Waals surface area contributed by atoms with E-state index in [2.05, 4.69) is 20.4 Å². The minimum absolute atomic E-state index is 0.0852. The molecule has 1 heterocycles. The third-order valence-electron chi connectivity index (χ3n) is 4.51. The van der Waals surface area contributed by atoms with E-state index in [-0.39, 0.29) is 12.3 Å². The molecule has 0 aromatic heterocycles. The Kier molecular flexibility index (Phi) is 8.14. The minimum atomic E-state index is -2.91. The van der Waals surface area contributed by atoms with Crippen LogP contribution in [-0.4, -0.2) is 39.4 Å². The monoisotopic (exact) mass is 435 g/mol. The summed E-state index contributed by atoms with van der Waals surface area (Å²) in [5, 5.41) is 6.29. The van der Waals surface area contributed by atoms with Gasteiger partial charge < -0.3 is 29.6 Å². The molecule has 168 valence electrons. The van der Waals surface area contributed by atoms with E-state index in [0.717, 1.165) is 17.7 Å². The maximum atomic E-state index is 12.7. The van der Waals surface area contributed by atoms with Gasteiger partial charge in [0.15, 0.2) is 17.5 Å². The number of benzene rings is 2. The lowest BCUT2D eigenvalue weighted by molar-refractivity contribution is -0.0505. The lowest BCUT2D eigenvalue weighted by atomic mass is 10.2. The predicted octanol–water partition coefficient (Wildman–Crippen LogP) is 3.71. The SMILES string of the molecule is CCNC(=NCc1ccc2c(c1)OCCCO2)NCc1cc(OC)ccc1OC(F)F. The van der Waals surface area contributed by atoms with Crippen LogP contribution in [0.4, 0.5) is 8.78 Å². The first-order valence-electron chi connectivity index (χ1n) is 10.1. The van der Waals surface area contributed by atoms with Crippen molar-refractivity contribution in [1.29, 1.82) is 0 Å². The van der Waals surface area contributed by atoms with Gasteiger partial charge >= 0.3 is 6.61 Å². The number of fused-ring (bicyclic) bond motifs is 1. The van der Waals surface area contributed by atoms with Crippen molar-refractivity contribution in [2.45, 2.75) is 33.0 Å². The molecule has 0 saturated carbocycles. The predicted molar refractivity (Wildman–Crippen MR) is 113 cm³/mol. The van der Waals surface area contributed by atoms with Crippen LogP contribution in [0.1, 0.15) is 24.5 Å². The standard InChI is InChI=1S/C22H27F2N3O4/c1-3-25-22(26-13-15-5-7-19-20(11-15)30-10-4-9-29-19)27-14-16-12-17(28-2)6-8-18(16)31-21(23)24/h5-8,11-12,21H,3-4,9-10,13-14H2,1-2H3,(H2,25,26,27). The molecule has 0 bridgehead atoms. The van der Waals surface area contributed by atoms with Crippen LogP contribution in [0.3, 0.4) is 0 Å². The fourth-order valence-electron chi connectivity index (χ4n) is 3.03. The van der Waals surface area contributed by atoms with E-state index in [0.29, 0.717) is 49.3 Å². The van der Waals surface area contributed by atoms with Crippen LogP contribution in [-0.2, 0) is 13.1 Å². The van der Waals surface area contributed by atoms with Gasteiger partial charge in [-0.3, -0.25) is 0 Å². The number of rotatable bonds is 8. The molecule has 0 atom stereocenters. The number of hydrogen-bond acceptors (Lipinski definition) is 5. The van der Waals surface area contributed by atoms with Crippen molar-refractivity contribution in [3.05, 3.63) is 47.5 Å². The van der Waals surface area contributed by atoms with Crippen molar-refractivity contribution in [2.24, 2.45) is 4.99 Å². The second-order valence-corrected chi connectivity index (χ2v) is 6.73. The lowest BCUT2D eigenvalue weighted by Gasteiger charge is -2.15.